The van der Waals surface area contributed by atoms with E-state index in [1.807, 2.05) is 30.3 Å². The summed E-state index contributed by atoms with van der Waals surface area (Å²) in [6.07, 6.45) is 1.25. The van der Waals surface area contributed by atoms with Crippen molar-refractivity contribution >= 4 is 11.6 Å². The number of nitrogens with one attached hydrogen (secondary N) is 1. The zero-order chi connectivity index (χ0) is 17.6. The third-order valence-electron chi connectivity index (χ3n) is 3.53. The molecule has 3 rings (SSSR count). The van der Waals surface area contributed by atoms with Crippen molar-refractivity contribution in [3.63, 3.8) is 0 Å². The van der Waals surface area contributed by atoms with E-state index in [4.69, 9.17) is 4.74 Å². The van der Waals surface area contributed by atoms with Crippen molar-refractivity contribution in [3.8, 4) is 5.88 Å². The number of amides is 1. The molecule has 25 heavy (non-hydrogen) atoms. The van der Waals surface area contributed by atoms with Gasteiger partial charge in [-0.05, 0) is 30.2 Å². The first kappa shape index (κ1) is 16.6. The van der Waals surface area contributed by atoms with E-state index in [1.54, 1.807) is 19.1 Å². The summed E-state index contributed by atoms with van der Waals surface area (Å²) in [7, 11) is 0. The molecule has 0 unspecified atom stereocenters. The second kappa shape index (κ2) is 7.53. The zero-order valence-corrected chi connectivity index (χ0v) is 13.6. The zero-order valence-electron chi connectivity index (χ0n) is 13.6. The average Bonchev–Trinajstić information content (AvgIpc) is 2.64. The molecule has 5 nitrogen and oxygen atoms in total. The summed E-state index contributed by atoms with van der Waals surface area (Å²) in [5.74, 6) is -0.554. The van der Waals surface area contributed by atoms with E-state index >= 15 is 0 Å². The summed E-state index contributed by atoms with van der Waals surface area (Å²) in [5.41, 5.74) is 2.00. The molecule has 0 aliphatic rings. The lowest BCUT2D eigenvalue weighted by atomic mass is 10.2. The molecule has 1 N–H and O–H groups in total. The molecule has 0 saturated heterocycles. The first-order valence-electron chi connectivity index (χ1n) is 7.68. The van der Waals surface area contributed by atoms with Crippen LogP contribution in [0.25, 0.3) is 0 Å². The number of ether oxygens (including phenoxy) is 1. The van der Waals surface area contributed by atoms with Crippen LogP contribution in [-0.4, -0.2) is 15.9 Å². The quantitative estimate of drug-likeness (QED) is 0.770. The fourth-order valence-electron chi connectivity index (χ4n) is 2.14. The van der Waals surface area contributed by atoms with Crippen LogP contribution >= 0.6 is 0 Å². The van der Waals surface area contributed by atoms with Gasteiger partial charge in [0.1, 0.15) is 24.4 Å². The van der Waals surface area contributed by atoms with Crippen LogP contribution in [0.15, 0.2) is 60.9 Å². The molecule has 1 amide bonds. The minimum absolute atomic E-state index is 0.138. The maximum Gasteiger partial charge on any atom is 0.274 e. The SMILES string of the molecule is Cc1ccc(NC(=O)c2cc(OCc3ccccc3)ncn2)cc1F. The first-order chi connectivity index (χ1) is 12.1. The number of halogens is 1. The third-order valence-corrected chi connectivity index (χ3v) is 3.53. The number of nitrogens with zero attached hydrogens (tertiary/aromatic N) is 2. The van der Waals surface area contributed by atoms with E-state index in [1.165, 1.54) is 18.5 Å². The Morgan fingerprint density at radius 2 is 1.92 bits per heavy atom. The summed E-state index contributed by atoms with van der Waals surface area (Å²) < 4.78 is 19.1. The third kappa shape index (κ3) is 4.38. The number of aromatic nitrogens is 2. The van der Waals surface area contributed by atoms with Crippen LogP contribution in [0.1, 0.15) is 21.6 Å². The molecule has 2 aromatic carbocycles. The summed E-state index contributed by atoms with van der Waals surface area (Å²) in [4.78, 5) is 20.2. The number of hydrogen-bond donors (Lipinski definition) is 1. The second-order valence-corrected chi connectivity index (χ2v) is 5.43. The molecule has 0 aliphatic carbocycles. The van der Waals surface area contributed by atoms with Gasteiger partial charge in [-0.15, -0.1) is 0 Å². The van der Waals surface area contributed by atoms with Gasteiger partial charge < -0.3 is 10.1 Å². The molecule has 0 radical (unpaired) electrons. The van der Waals surface area contributed by atoms with Crippen LogP contribution in [0.5, 0.6) is 5.88 Å². The van der Waals surface area contributed by atoms with E-state index in [9.17, 15) is 9.18 Å². The van der Waals surface area contributed by atoms with Gasteiger partial charge in [0.2, 0.25) is 5.88 Å². The Hall–Kier alpha value is -3.28. The normalized spacial score (nSPS) is 10.3. The van der Waals surface area contributed by atoms with Crippen molar-refractivity contribution < 1.29 is 13.9 Å². The number of aryl methyl sites for hydroxylation is 1. The van der Waals surface area contributed by atoms with Gasteiger partial charge in [-0.2, -0.15) is 0 Å². The number of rotatable bonds is 5. The first-order valence-corrected chi connectivity index (χ1v) is 7.68. The Labute approximate surface area is 144 Å². The predicted molar refractivity (Wildman–Crippen MR) is 91.9 cm³/mol. The predicted octanol–water partition coefficient (Wildman–Crippen LogP) is 3.76. The highest BCUT2D eigenvalue weighted by Gasteiger charge is 2.11. The molecule has 1 heterocycles. The van der Waals surface area contributed by atoms with Crippen LogP contribution in [0.3, 0.4) is 0 Å². The average molecular weight is 337 g/mol. The number of hydrogen-bond acceptors (Lipinski definition) is 4. The van der Waals surface area contributed by atoms with Crippen LogP contribution in [0.2, 0.25) is 0 Å². The van der Waals surface area contributed by atoms with Crippen molar-refractivity contribution in [2.24, 2.45) is 0 Å². The van der Waals surface area contributed by atoms with Crippen molar-refractivity contribution in [3.05, 3.63) is 83.6 Å². The molecule has 6 heteroatoms. The lowest BCUT2D eigenvalue weighted by Crippen LogP contribution is -2.14. The number of carbonyl (C=O) groups excluding carboxylic acids is 1. The van der Waals surface area contributed by atoms with Crippen LogP contribution < -0.4 is 10.1 Å². The van der Waals surface area contributed by atoms with E-state index in [0.717, 1.165) is 5.56 Å². The van der Waals surface area contributed by atoms with Gasteiger partial charge in [0.15, 0.2) is 0 Å². The van der Waals surface area contributed by atoms with Crippen molar-refractivity contribution in [2.45, 2.75) is 13.5 Å². The standard InChI is InChI=1S/C19H16FN3O2/c1-13-7-8-15(9-16(13)20)23-19(24)17-10-18(22-12-21-17)25-11-14-5-3-2-4-6-14/h2-10,12H,11H2,1H3,(H,23,24). The van der Waals surface area contributed by atoms with Gasteiger partial charge in [0.05, 0.1) is 0 Å². The van der Waals surface area contributed by atoms with E-state index in [-0.39, 0.29) is 11.5 Å². The van der Waals surface area contributed by atoms with Crippen LogP contribution in [0, 0.1) is 12.7 Å². The molecule has 0 saturated carbocycles. The Morgan fingerprint density at radius 1 is 1.12 bits per heavy atom. The molecule has 1 aromatic heterocycles. The Balaban J connectivity index is 1.67. The van der Waals surface area contributed by atoms with Gasteiger partial charge in [0.25, 0.3) is 5.91 Å². The van der Waals surface area contributed by atoms with E-state index in [0.29, 0.717) is 23.7 Å². The van der Waals surface area contributed by atoms with Crippen molar-refractivity contribution in [1.82, 2.24) is 9.97 Å². The van der Waals surface area contributed by atoms with Gasteiger partial charge in [-0.25, -0.2) is 14.4 Å². The molecule has 0 bridgehead atoms. The van der Waals surface area contributed by atoms with Crippen molar-refractivity contribution in [2.75, 3.05) is 5.32 Å². The van der Waals surface area contributed by atoms with Gasteiger partial charge in [0, 0.05) is 11.8 Å². The molecule has 126 valence electrons. The summed E-state index contributed by atoms with van der Waals surface area (Å²) in [6.45, 7) is 1.99. The molecule has 3 aromatic rings. The number of anilines is 1. The Kier molecular flexibility index (Phi) is 4.99. The Morgan fingerprint density at radius 3 is 2.68 bits per heavy atom. The van der Waals surface area contributed by atoms with Gasteiger partial charge in [-0.1, -0.05) is 36.4 Å². The summed E-state index contributed by atoms with van der Waals surface area (Å²) in [5, 5.41) is 2.60. The molecular formula is C19H16FN3O2. The van der Waals surface area contributed by atoms with Gasteiger partial charge in [-0.3, -0.25) is 4.79 Å². The highest BCUT2D eigenvalue weighted by molar-refractivity contribution is 6.02. The number of benzene rings is 2. The highest BCUT2D eigenvalue weighted by Crippen LogP contribution is 2.15. The minimum Gasteiger partial charge on any atom is -0.473 e. The molecular weight excluding hydrogens is 321 g/mol. The van der Waals surface area contributed by atoms with Gasteiger partial charge >= 0.3 is 0 Å². The van der Waals surface area contributed by atoms with Crippen LogP contribution in [0.4, 0.5) is 10.1 Å². The fraction of sp³-hybridized carbons (Fsp3) is 0.105. The Bertz CT molecular complexity index is 885. The lowest BCUT2D eigenvalue weighted by molar-refractivity contribution is 0.102. The summed E-state index contributed by atoms with van der Waals surface area (Å²) >= 11 is 0. The highest BCUT2D eigenvalue weighted by atomic mass is 19.1. The fourth-order valence-corrected chi connectivity index (χ4v) is 2.14. The molecule has 0 fully saturated rings. The topological polar surface area (TPSA) is 64.1 Å². The monoisotopic (exact) mass is 337 g/mol. The lowest BCUT2D eigenvalue weighted by Gasteiger charge is -2.08. The largest absolute Gasteiger partial charge is 0.473 e. The summed E-state index contributed by atoms with van der Waals surface area (Å²) in [6, 6.07) is 15.6. The van der Waals surface area contributed by atoms with E-state index in [2.05, 4.69) is 15.3 Å². The van der Waals surface area contributed by atoms with Crippen molar-refractivity contribution in [1.29, 1.82) is 0 Å². The maximum absolute atomic E-state index is 13.6. The molecule has 0 aliphatic heterocycles. The molecule has 0 spiro atoms. The number of carbonyl (C=O) groups is 1. The van der Waals surface area contributed by atoms with Crippen LogP contribution in [-0.2, 0) is 6.61 Å². The smallest absolute Gasteiger partial charge is 0.274 e. The minimum atomic E-state index is -0.463. The second-order valence-electron chi connectivity index (χ2n) is 5.43. The maximum atomic E-state index is 13.6. The van der Waals surface area contributed by atoms with E-state index < -0.39 is 5.91 Å². The molecule has 0 atom stereocenters.